The molecule has 0 spiro atoms. The number of para-hydroxylation sites is 1. The van der Waals surface area contributed by atoms with Crippen LogP contribution in [0.2, 0.25) is 10.0 Å². The molecule has 2 heterocycles. The van der Waals surface area contributed by atoms with Crippen LogP contribution < -0.4 is 4.80 Å². The topological polar surface area (TPSA) is 85.9 Å². The normalized spacial score (nSPS) is 12.0. The molecule has 0 amide bonds. The van der Waals surface area contributed by atoms with E-state index in [0.717, 1.165) is 5.69 Å². The quantitative estimate of drug-likeness (QED) is 0.204. The minimum absolute atomic E-state index is 0.231. The largest absolute Gasteiger partial charge is 0.433 e. The number of nitrogens with zero attached hydrogens (tertiary/aromatic N) is 4. The number of nitro groups is 1. The number of halogens is 2. The summed E-state index contributed by atoms with van der Waals surface area (Å²) in [5.74, 6) is -0.131. The third kappa shape index (κ3) is 4.35. The summed E-state index contributed by atoms with van der Waals surface area (Å²) >= 11 is 13.9. The third-order valence-electron chi connectivity index (χ3n) is 3.96. The second kappa shape index (κ2) is 8.66. The maximum Gasteiger partial charge on any atom is 0.433 e. The fraction of sp³-hybridized carbons (Fsp3) is 0. The summed E-state index contributed by atoms with van der Waals surface area (Å²) in [5.41, 5.74) is 2.10. The number of aromatic nitrogens is 1. The molecule has 0 aliphatic rings. The molecule has 0 aliphatic heterocycles. The molecule has 0 saturated carbocycles. The van der Waals surface area contributed by atoms with Crippen LogP contribution in [0.5, 0.6) is 0 Å². The minimum atomic E-state index is -0.609. The van der Waals surface area contributed by atoms with Gasteiger partial charge in [-0.3, -0.25) is 10.1 Å². The van der Waals surface area contributed by atoms with Crippen molar-refractivity contribution >= 4 is 52.3 Å². The summed E-state index contributed by atoms with van der Waals surface area (Å²) in [5, 5.41) is 18.2. The van der Waals surface area contributed by atoms with Gasteiger partial charge >= 0.3 is 5.88 Å². The summed E-state index contributed by atoms with van der Waals surface area (Å²) in [7, 11) is 0. The Hall–Kier alpha value is -3.20. The highest BCUT2D eigenvalue weighted by Crippen LogP contribution is 2.31. The average molecular weight is 459 g/mol. The summed E-state index contributed by atoms with van der Waals surface area (Å²) < 4.78 is 6.74. The van der Waals surface area contributed by atoms with Gasteiger partial charge in [-0.1, -0.05) is 41.4 Å². The number of hydrogen-bond donors (Lipinski definition) is 0. The molecule has 0 aliphatic carbocycles. The van der Waals surface area contributed by atoms with E-state index in [0.29, 0.717) is 26.1 Å². The van der Waals surface area contributed by atoms with E-state index in [1.54, 1.807) is 22.9 Å². The van der Waals surface area contributed by atoms with Crippen LogP contribution in [0.25, 0.3) is 11.3 Å². The van der Waals surface area contributed by atoms with E-state index in [1.165, 1.54) is 29.7 Å². The lowest BCUT2D eigenvalue weighted by molar-refractivity contribution is -0.402. The van der Waals surface area contributed by atoms with E-state index in [9.17, 15) is 10.1 Å². The molecule has 0 unspecified atom stereocenters. The van der Waals surface area contributed by atoms with Gasteiger partial charge in [-0.05, 0) is 36.4 Å². The molecule has 0 fully saturated rings. The minimum Gasteiger partial charge on any atom is -0.400 e. The Morgan fingerprint density at radius 2 is 1.90 bits per heavy atom. The first-order chi connectivity index (χ1) is 14.5. The monoisotopic (exact) mass is 458 g/mol. The Balaban J connectivity index is 1.85. The zero-order valence-electron chi connectivity index (χ0n) is 15.1. The Bertz CT molecular complexity index is 1310. The van der Waals surface area contributed by atoms with Crippen LogP contribution in [0.3, 0.4) is 0 Å². The molecule has 150 valence electrons. The van der Waals surface area contributed by atoms with Crippen LogP contribution in [0.1, 0.15) is 5.76 Å². The van der Waals surface area contributed by atoms with Gasteiger partial charge < -0.3 is 4.42 Å². The molecule has 4 aromatic rings. The number of hydrogen-bond acceptors (Lipinski definition) is 6. The van der Waals surface area contributed by atoms with Gasteiger partial charge in [0.2, 0.25) is 4.80 Å². The molecule has 7 nitrogen and oxygen atoms in total. The second-order valence-electron chi connectivity index (χ2n) is 5.96. The molecule has 4 rings (SSSR count). The summed E-state index contributed by atoms with van der Waals surface area (Å²) in [6.45, 7) is 0. The van der Waals surface area contributed by atoms with Gasteiger partial charge in [0.25, 0.3) is 0 Å². The average Bonchev–Trinajstić information content (AvgIpc) is 3.36. The molecule has 2 aromatic carbocycles. The van der Waals surface area contributed by atoms with Gasteiger partial charge in [-0.15, -0.1) is 11.3 Å². The predicted molar refractivity (Wildman–Crippen MR) is 118 cm³/mol. The fourth-order valence-electron chi connectivity index (χ4n) is 2.61. The Kier molecular flexibility index (Phi) is 5.80. The van der Waals surface area contributed by atoms with Crippen LogP contribution in [0.15, 0.2) is 80.6 Å². The first kappa shape index (κ1) is 20.1. The molecule has 0 N–H and O–H groups in total. The van der Waals surface area contributed by atoms with Crippen LogP contribution in [-0.4, -0.2) is 15.8 Å². The van der Waals surface area contributed by atoms with Crippen molar-refractivity contribution < 1.29 is 9.34 Å². The van der Waals surface area contributed by atoms with Crippen LogP contribution in [0, 0.1) is 10.1 Å². The van der Waals surface area contributed by atoms with Gasteiger partial charge in [0, 0.05) is 16.0 Å². The van der Waals surface area contributed by atoms with Crippen molar-refractivity contribution in [2.75, 3.05) is 0 Å². The lowest BCUT2D eigenvalue weighted by Gasteiger charge is -2.06. The zero-order valence-corrected chi connectivity index (χ0v) is 17.4. The predicted octanol–water partition coefficient (Wildman–Crippen LogP) is 6.14. The Morgan fingerprint density at radius 3 is 2.63 bits per heavy atom. The Morgan fingerprint density at radius 1 is 1.10 bits per heavy atom. The first-order valence-corrected chi connectivity index (χ1v) is 10.2. The zero-order chi connectivity index (χ0) is 21.1. The SMILES string of the molecule is O=[N+]([O-])c1ccc(C=Nn2c(-c3cc(Cl)ccc3Cl)csc2=Nc2ccccc2)o1. The smallest absolute Gasteiger partial charge is 0.400 e. The van der Waals surface area contributed by atoms with Crippen molar-refractivity contribution in [1.82, 2.24) is 4.68 Å². The third-order valence-corrected chi connectivity index (χ3v) is 5.34. The fourth-order valence-corrected chi connectivity index (χ4v) is 3.84. The standard InChI is InChI=1S/C20H12Cl2N4O3S/c21-13-6-8-17(22)16(10-13)18-12-30-20(24-14-4-2-1-3-5-14)25(18)23-11-15-7-9-19(29-15)26(27)28/h1-12H. The van der Waals surface area contributed by atoms with Gasteiger partial charge in [0.1, 0.15) is 4.92 Å². The van der Waals surface area contributed by atoms with Gasteiger partial charge in [-0.25, -0.2) is 9.67 Å². The lowest BCUT2D eigenvalue weighted by Crippen LogP contribution is -2.11. The highest BCUT2D eigenvalue weighted by atomic mass is 35.5. The van der Waals surface area contributed by atoms with Crippen molar-refractivity contribution in [3.63, 3.8) is 0 Å². The van der Waals surface area contributed by atoms with Crippen molar-refractivity contribution in [2.24, 2.45) is 10.1 Å². The first-order valence-electron chi connectivity index (χ1n) is 8.55. The molecule has 0 bridgehead atoms. The van der Waals surface area contributed by atoms with Gasteiger partial charge in [0.05, 0.1) is 28.7 Å². The highest BCUT2D eigenvalue weighted by molar-refractivity contribution is 7.07. The molecular formula is C20H12Cl2N4O3S. The molecule has 0 saturated heterocycles. The number of furan rings is 1. The van der Waals surface area contributed by atoms with Crippen LogP contribution >= 0.6 is 34.5 Å². The number of benzene rings is 2. The summed E-state index contributed by atoms with van der Waals surface area (Å²) in [6.07, 6.45) is 1.38. The highest BCUT2D eigenvalue weighted by Gasteiger charge is 2.13. The van der Waals surface area contributed by atoms with Gasteiger partial charge in [-0.2, -0.15) is 5.10 Å². The maximum atomic E-state index is 10.8. The van der Waals surface area contributed by atoms with Gasteiger partial charge in [0.15, 0.2) is 5.76 Å². The van der Waals surface area contributed by atoms with Crippen molar-refractivity contribution in [2.45, 2.75) is 0 Å². The van der Waals surface area contributed by atoms with Crippen molar-refractivity contribution in [3.05, 3.63) is 96.8 Å². The molecular weight excluding hydrogens is 447 g/mol. The lowest BCUT2D eigenvalue weighted by atomic mass is 10.2. The number of rotatable bonds is 5. The maximum absolute atomic E-state index is 10.8. The molecule has 30 heavy (non-hydrogen) atoms. The molecule has 0 atom stereocenters. The number of thiazole rings is 1. The van der Waals surface area contributed by atoms with Crippen LogP contribution in [-0.2, 0) is 0 Å². The van der Waals surface area contributed by atoms with E-state index in [1.807, 2.05) is 35.7 Å². The van der Waals surface area contributed by atoms with E-state index in [2.05, 4.69) is 10.1 Å². The molecule has 2 aromatic heterocycles. The van der Waals surface area contributed by atoms with E-state index in [-0.39, 0.29) is 11.6 Å². The van der Waals surface area contributed by atoms with Crippen LogP contribution in [0.4, 0.5) is 11.6 Å². The van der Waals surface area contributed by atoms with E-state index >= 15 is 0 Å². The summed E-state index contributed by atoms with van der Waals surface area (Å²) in [6, 6.07) is 17.3. The Labute approximate surface area is 184 Å². The van der Waals surface area contributed by atoms with E-state index in [4.69, 9.17) is 27.6 Å². The molecule has 0 radical (unpaired) electrons. The summed E-state index contributed by atoms with van der Waals surface area (Å²) in [4.78, 5) is 15.4. The van der Waals surface area contributed by atoms with Crippen molar-refractivity contribution in [3.8, 4) is 11.3 Å². The molecule has 10 heteroatoms. The van der Waals surface area contributed by atoms with E-state index < -0.39 is 4.92 Å². The van der Waals surface area contributed by atoms with Crippen molar-refractivity contribution in [1.29, 1.82) is 0 Å². The second-order valence-corrected chi connectivity index (χ2v) is 7.64.